The number of aliphatic hydroxyl groups excluding tert-OH is 2. The molecule has 3 saturated carbocycles. The van der Waals surface area contributed by atoms with Crippen LogP contribution in [0.4, 0.5) is 4.39 Å². The maximum atomic E-state index is 16.9. The number of alkyl halides is 1. The molecule has 0 aromatic carbocycles. The third-order valence-corrected chi connectivity index (χ3v) is 8.78. The lowest BCUT2D eigenvalue weighted by molar-refractivity contribution is -0.225. The summed E-state index contributed by atoms with van der Waals surface area (Å²) in [4.78, 5) is 24.4. The maximum absolute atomic E-state index is 16.9. The first-order valence-corrected chi connectivity index (χ1v) is 10.1. The van der Waals surface area contributed by atoms with E-state index in [0.717, 1.165) is 5.57 Å². The zero-order chi connectivity index (χ0) is 20.7. The van der Waals surface area contributed by atoms with Gasteiger partial charge in [-0.25, -0.2) is 4.39 Å². The summed E-state index contributed by atoms with van der Waals surface area (Å²) < 4.78 is 16.9. The highest BCUT2D eigenvalue weighted by Gasteiger charge is 2.75. The molecule has 0 aliphatic heterocycles. The van der Waals surface area contributed by atoms with Gasteiger partial charge in [-0.3, -0.25) is 9.59 Å². The van der Waals surface area contributed by atoms with Crippen molar-refractivity contribution >= 4 is 11.6 Å². The Hall–Kier alpha value is -1.37. The molecule has 28 heavy (non-hydrogen) atoms. The fourth-order valence-electron chi connectivity index (χ4n) is 7.16. The van der Waals surface area contributed by atoms with E-state index < -0.39 is 46.5 Å². The Morgan fingerprint density at radius 1 is 1.32 bits per heavy atom. The standard InChI is InChI=1S/C22H29FO5/c1-12-8-16-15-5-4-13-9-14(25)6-7-19(13,2)21(15,23)17(26)10-20(16,3)22(12,28)18(27)11-24/h9,15-17,24,26,28H,1,4-8,10-11H2,2-3H3/t15-,16-,17?,19-,20-,21-,22-/m0/s1. The monoisotopic (exact) mass is 392 g/mol. The van der Waals surface area contributed by atoms with Crippen molar-refractivity contribution in [3.8, 4) is 0 Å². The molecule has 3 fully saturated rings. The van der Waals surface area contributed by atoms with E-state index in [1.165, 1.54) is 0 Å². The fourth-order valence-corrected chi connectivity index (χ4v) is 7.16. The number of Topliss-reactive ketones (excluding diaryl/α,β-unsaturated/α-hetero) is 1. The lowest BCUT2D eigenvalue weighted by Gasteiger charge is -2.63. The summed E-state index contributed by atoms with van der Waals surface area (Å²) in [6.07, 6.45) is 1.98. The molecule has 0 aromatic heterocycles. The number of rotatable bonds is 2. The third kappa shape index (κ3) is 2.01. The topological polar surface area (TPSA) is 94.8 Å². The molecule has 5 nitrogen and oxygen atoms in total. The number of halogens is 1. The van der Waals surface area contributed by atoms with Crippen molar-refractivity contribution in [2.24, 2.45) is 22.7 Å². The van der Waals surface area contributed by atoms with Crippen LogP contribution in [0.3, 0.4) is 0 Å². The Balaban J connectivity index is 1.84. The third-order valence-electron chi connectivity index (χ3n) is 8.78. The highest BCUT2D eigenvalue weighted by molar-refractivity contribution is 5.93. The minimum atomic E-state index is -1.96. The van der Waals surface area contributed by atoms with Crippen molar-refractivity contribution in [1.82, 2.24) is 0 Å². The highest BCUT2D eigenvalue weighted by Crippen LogP contribution is 2.71. The molecule has 1 unspecified atom stereocenters. The summed E-state index contributed by atoms with van der Waals surface area (Å²) in [5.74, 6) is -1.67. The van der Waals surface area contributed by atoms with Gasteiger partial charge in [0.15, 0.2) is 17.2 Å². The molecule has 3 N–H and O–H groups in total. The Labute approximate surface area is 164 Å². The van der Waals surface area contributed by atoms with Gasteiger partial charge in [-0.2, -0.15) is 0 Å². The Morgan fingerprint density at radius 3 is 2.64 bits per heavy atom. The van der Waals surface area contributed by atoms with Gasteiger partial charge in [0.2, 0.25) is 0 Å². The van der Waals surface area contributed by atoms with E-state index in [-0.39, 0.29) is 31.0 Å². The summed E-state index contributed by atoms with van der Waals surface area (Å²) in [5, 5.41) is 31.9. The average molecular weight is 392 g/mol. The smallest absolute Gasteiger partial charge is 0.194 e. The van der Waals surface area contributed by atoms with Crippen LogP contribution in [0.15, 0.2) is 23.8 Å². The number of hydrogen-bond donors (Lipinski definition) is 3. The van der Waals surface area contributed by atoms with Gasteiger partial charge in [0.1, 0.15) is 12.3 Å². The number of carbonyl (C=O) groups is 2. The molecule has 4 aliphatic carbocycles. The van der Waals surface area contributed by atoms with Gasteiger partial charge in [-0.15, -0.1) is 0 Å². The number of fused-ring (bicyclic) bond motifs is 5. The largest absolute Gasteiger partial charge is 0.390 e. The summed E-state index contributed by atoms with van der Waals surface area (Å²) >= 11 is 0. The molecule has 0 bridgehead atoms. The fraction of sp³-hybridized carbons (Fsp3) is 0.727. The minimum absolute atomic E-state index is 0.00169. The van der Waals surface area contributed by atoms with Gasteiger partial charge in [-0.1, -0.05) is 26.0 Å². The van der Waals surface area contributed by atoms with Crippen LogP contribution in [0.2, 0.25) is 0 Å². The molecule has 0 radical (unpaired) electrons. The molecule has 154 valence electrons. The zero-order valence-corrected chi connectivity index (χ0v) is 16.5. The first kappa shape index (κ1) is 19.9. The lowest BCUT2D eigenvalue weighted by atomic mass is 9.44. The van der Waals surface area contributed by atoms with Crippen LogP contribution >= 0.6 is 0 Å². The molecule has 0 heterocycles. The normalized spacial score (nSPS) is 50.5. The first-order valence-electron chi connectivity index (χ1n) is 10.1. The van der Waals surface area contributed by atoms with E-state index >= 15 is 4.39 Å². The molecule has 0 amide bonds. The van der Waals surface area contributed by atoms with E-state index in [0.29, 0.717) is 24.8 Å². The van der Waals surface area contributed by atoms with Gasteiger partial charge < -0.3 is 15.3 Å². The molecule has 4 rings (SSSR count). The lowest BCUT2D eigenvalue weighted by Crippen LogP contribution is -2.69. The molecule has 0 aromatic rings. The van der Waals surface area contributed by atoms with E-state index in [2.05, 4.69) is 6.58 Å². The zero-order valence-electron chi connectivity index (χ0n) is 16.5. The van der Waals surface area contributed by atoms with Crippen LogP contribution in [0.1, 0.15) is 52.4 Å². The maximum Gasteiger partial charge on any atom is 0.194 e. The van der Waals surface area contributed by atoms with Gasteiger partial charge in [0.25, 0.3) is 0 Å². The van der Waals surface area contributed by atoms with Crippen LogP contribution in [0.25, 0.3) is 0 Å². The predicted octanol–water partition coefficient (Wildman–Crippen LogP) is 2.04. The van der Waals surface area contributed by atoms with Crippen molar-refractivity contribution in [3.63, 3.8) is 0 Å². The van der Waals surface area contributed by atoms with Crippen molar-refractivity contribution in [2.45, 2.75) is 69.7 Å². The van der Waals surface area contributed by atoms with Crippen LogP contribution in [-0.4, -0.2) is 50.9 Å². The Morgan fingerprint density at radius 2 is 2.00 bits per heavy atom. The second kappa shape index (κ2) is 5.83. The molecule has 7 atom stereocenters. The van der Waals surface area contributed by atoms with Crippen LogP contribution in [-0.2, 0) is 9.59 Å². The number of carbonyl (C=O) groups excluding carboxylic acids is 2. The number of hydrogen-bond acceptors (Lipinski definition) is 5. The van der Waals surface area contributed by atoms with E-state index in [4.69, 9.17) is 0 Å². The van der Waals surface area contributed by atoms with Crippen LogP contribution in [0.5, 0.6) is 0 Å². The quantitative estimate of drug-likeness (QED) is 0.625. The van der Waals surface area contributed by atoms with Crippen molar-refractivity contribution in [2.75, 3.05) is 6.61 Å². The summed E-state index contributed by atoms with van der Waals surface area (Å²) in [6.45, 7) is 6.59. The highest BCUT2D eigenvalue weighted by atomic mass is 19.1. The molecule has 0 saturated heterocycles. The van der Waals surface area contributed by atoms with Gasteiger partial charge in [0.05, 0.1) is 6.10 Å². The molecule has 0 spiro atoms. The van der Waals surface area contributed by atoms with Crippen LogP contribution < -0.4 is 0 Å². The minimum Gasteiger partial charge on any atom is -0.390 e. The summed E-state index contributed by atoms with van der Waals surface area (Å²) in [7, 11) is 0. The second-order valence-corrected chi connectivity index (χ2v) is 9.72. The van der Waals surface area contributed by atoms with Gasteiger partial charge in [-0.05, 0) is 49.7 Å². The average Bonchev–Trinajstić information content (AvgIpc) is 2.84. The number of aliphatic hydroxyl groups is 3. The SMILES string of the molecule is C=C1C[C@H]2[C@@H]3CCC4=CC(=O)CC[C@]4(C)[C@@]3(F)C(O)C[C@]2(C)[C@@]1(O)C(=O)CO. The van der Waals surface area contributed by atoms with Gasteiger partial charge in [0, 0.05) is 23.2 Å². The number of ketones is 2. The predicted molar refractivity (Wildman–Crippen MR) is 100 cm³/mol. The van der Waals surface area contributed by atoms with Crippen molar-refractivity contribution < 1.29 is 29.3 Å². The first-order chi connectivity index (χ1) is 13.0. The van der Waals surface area contributed by atoms with E-state index in [1.54, 1.807) is 19.9 Å². The van der Waals surface area contributed by atoms with Gasteiger partial charge >= 0.3 is 0 Å². The molecule has 4 aliphatic rings. The van der Waals surface area contributed by atoms with Crippen molar-refractivity contribution in [1.29, 1.82) is 0 Å². The van der Waals surface area contributed by atoms with Crippen molar-refractivity contribution in [3.05, 3.63) is 23.8 Å². The molecule has 6 heteroatoms. The van der Waals surface area contributed by atoms with E-state index in [1.807, 2.05) is 0 Å². The number of allylic oxidation sites excluding steroid dienone is 1. The Kier molecular flexibility index (Phi) is 4.15. The van der Waals surface area contributed by atoms with Crippen LogP contribution in [0, 0.1) is 22.7 Å². The molecular formula is C22H29FO5. The second-order valence-electron chi connectivity index (χ2n) is 9.72. The van der Waals surface area contributed by atoms with E-state index in [9.17, 15) is 24.9 Å². The summed E-state index contributed by atoms with van der Waals surface area (Å²) in [5.41, 5.74) is -4.87. The Bertz CT molecular complexity index is 805. The summed E-state index contributed by atoms with van der Waals surface area (Å²) in [6, 6.07) is 0. The molecular weight excluding hydrogens is 363 g/mol.